The summed E-state index contributed by atoms with van der Waals surface area (Å²) in [6.45, 7) is 5.67. The minimum absolute atomic E-state index is 0.638. The molecule has 2 heteroatoms. The molecular formula is C10H15NS. The molecule has 1 aliphatic heterocycles. The van der Waals surface area contributed by atoms with E-state index in [0.717, 1.165) is 5.92 Å². The summed E-state index contributed by atoms with van der Waals surface area (Å²) < 4.78 is 0. The van der Waals surface area contributed by atoms with E-state index in [-0.39, 0.29) is 0 Å². The van der Waals surface area contributed by atoms with Crippen LogP contribution in [0.3, 0.4) is 0 Å². The van der Waals surface area contributed by atoms with Gasteiger partial charge in [0.2, 0.25) is 0 Å². The SMILES string of the molecule is Cc1ccc([C@@H]2C[C@H](C)CN2)s1. The number of nitrogens with one attached hydrogen (secondary N) is 1. The van der Waals surface area contributed by atoms with Gasteiger partial charge in [-0.1, -0.05) is 6.92 Å². The van der Waals surface area contributed by atoms with Gasteiger partial charge in [-0.25, -0.2) is 0 Å². The minimum Gasteiger partial charge on any atom is -0.309 e. The molecular weight excluding hydrogens is 166 g/mol. The maximum Gasteiger partial charge on any atom is 0.0418 e. The van der Waals surface area contributed by atoms with Crippen molar-refractivity contribution in [3.63, 3.8) is 0 Å². The van der Waals surface area contributed by atoms with Crippen LogP contribution in [0.1, 0.15) is 29.1 Å². The topological polar surface area (TPSA) is 12.0 Å². The van der Waals surface area contributed by atoms with E-state index in [1.54, 1.807) is 0 Å². The monoisotopic (exact) mass is 181 g/mol. The van der Waals surface area contributed by atoms with Crippen LogP contribution in [-0.2, 0) is 0 Å². The van der Waals surface area contributed by atoms with E-state index >= 15 is 0 Å². The molecule has 1 saturated heterocycles. The van der Waals surface area contributed by atoms with Crippen LogP contribution in [-0.4, -0.2) is 6.54 Å². The van der Waals surface area contributed by atoms with Gasteiger partial charge >= 0.3 is 0 Å². The lowest BCUT2D eigenvalue weighted by molar-refractivity contribution is 0.618. The highest BCUT2D eigenvalue weighted by Gasteiger charge is 2.22. The van der Waals surface area contributed by atoms with Gasteiger partial charge in [0.25, 0.3) is 0 Å². The summed E-state index contributed by atoms with van der Waals surface area (Å²) in [4.78, 5) is 2.93. The van der Waals surface area contributed by atoms with E-state index in [0.29, 0.717) is 6.04 Å². The third-order valence-electron chi connectivity index (χ3n) is 2.46. The van der Waals surface area contributed by atoms with Crippen LogP contribution >= 0.6 is 11.3 Å². The third-order valence-corrected chi connectivity index (χ3v) is 3.57. The van der Waals surface area contributed by atoms with Crippen LogP contribution in [0.5, 0.6) is 0 Å². The Labute approximate surface area is 77.8 Å². The fourth-order valence-corrected chi connectivity index (χ4v) is 2.74. The average molecular weight is 181 g/mol. The number of hydrogen-bond donors (Lipinski definition) is 1. The Morgan fingerprint density at radius 1 is 1.50 bits per heavy atom. The summed E-state index contributed by atoms with van der Waals surface area (Å²) in [6.07, 6.45) is 1.31. The summed E-state index contributed by atoms with van der Waals surface area (Å²) >= 11 is 1.92. The highest BCUT2D eigenvalue weighted by Crippen LogP contribution is 2.31. The van der Waals surface area contributed by atoms with Crippen molar-refractivity contribution in [3.8, 4) is 0 Å². The van der Waals surface area contributed by atoms with Crippen LogP contribution in [0.15, 0.2) is 12.1 Å². The van der Waals surface area contributed by atoms with Gasteiger partial charge in [-0.15, -0.1) is 11.3 Å². The fourth-order valence-electron chi connectivity index (χ4n) is 1.77. The molecule has 0 bridgehead atoms. The lowest BCUT2D eigenvalue weighted by Gasteiger charge is -2.05. The first kappa shape index (κ1) is 8.27. The molecule has 2 heterocycles. The summed E-state index contributed by atoms with van der Waals surface area (Å²) in [6, 6.07) is 5.11. The van der Waals surface area contributed by atoms with Crippen LogP contribution < -0.4 is 5.32 Å². The van der Waals surface area contributed by atoms with Crippen molar-refractivity contribution in [1.29, 1.82) is 0 Å². The van der Waals surface area contributed by atoms with Crippen molar-refractivity contribution in [2.24, 2.45) is 5.92 Å². The first-order chi connectivity index (χ1) is 5.75. The second-order valence-corrected chi connectivity index (χ2v) is 5.07. The van der Waals surface area contributed by atoms with E-state index in [9.17, 15) is 0 Å². The quantitative estimate of drug-likeness (QED) is 0.702. The molecule has 2 atom stereocenters. The molecule has 2 rings (SSSR count). The number of rotatable bonds is 1. The first-order valence-corrected chi connectivity index (χ1v) is 5.37. The molecule has 0 radical (unpaired) electrons. The van der Waals surface area contributed by atoms with Crippen molar-refractivity contribution < 1.29 is 0 Å². The molecule has 1 aromatic rings. The van der Waals surface area contributed by atoms with Crippen LogP contribution in [0.2, 0.25) is 0 Å². The van der Waals surface area contributed by atoms with E-state index in [1.807, 2.05) is 11.3 Å². The van der Waals surface area contributed by atoms with Crippen molar-refractivity contribution in [2.45, 2.75) is 26.3 Å². The minimum atomic E-state index is 0.638. The predicted octanol–water partition coefficient (Wildman–Crippen LogP) is 2.73. The lowest BCUT2D eigenvalue weighted by Crippen LogP contribution is -2.11. The molecule has 12 heavy (non-hydrogen) atoms. The highest BCUT2D eigenvalue weighted by atomic mass is 32.1. The molecule has 0 spiro atoms. The van der Waals surface area contributed by atoms with Gasteiger partial charge in [0.15, 0.2) is 0 Å². The molecule has 0 aliphatic carbocycles. The van der Waals surface area contributed by atoms with E-state index in [2.05, 4.69) is 31.3 Å². The van der Waals surface area contributed by atoms with E-state index in [4.69, 9.17) is 0 Å². The van der Waals surface area contributed by atoms with Gasteiger partial charge in [0, 0.05) is 15.8 Å². The molecule has 0 saturated carbocycles. The molecule has 1 N–H and O–H groups in total. The van der Waals surface area contributed by atoms with Gasteiger partial charge in [-0.2, -0.15) is 0 Å². The first-order valence-electron chi connectivity index (χ1n) is 4.55. The summed E-state index contributed by atoms with van der Waals surface area (Å²) in [5, 5.41) is 3.55. The molecule has 1 nitrogen and oxygen atoms in total. The summed E-state index contributed by atoms with van der Waals surface area (Å²) in [5.74, 6) is 0.845. The van der Waals surface area contributed by atoms with E-state index < -0.39 is 0 Å². The molecule has 0 amide bonds. The zero-order valence-corrected chi connectivity index (χ0v) is 8.45. The molecule has 1 aliphatic rings. The van der Waals surface area contributed by atoms with Gasteiger partial charge in [0.05, 0.1) is 0 Å². The zero-order valence-electron chi connectivity index (χ0n) is 7.63. The lowest BCUT2D eigenvalue weighted by atomic mass is 10.1. The molecule has 66 valence electrons. The van der Waals surface area contributed by atoms with Crippen LogP contribution in [0.25, 0.3) is 0 Å². The van der Waals surface area contributed by atoms with Crippen molar-refractivity contribution in [2.75, 3.05) is 6.54 Å². The Morgan fingerprint density at radius 3 is 2.83 bits per heavy atom. The van der Waals surface area contributed by atoms with Crippen molar-refractivity contribution >= 4 is 11.3 Å². The second-order valence-electron chi connectivity index (χ2n) is 3.75. The predicted molar refractivity (Wildman–Crippen MR) is 53.6 cm³/mol. The van der Waals surface area contributed by atoms with Crippen LogP contribution in [0, 0.1) is 12.8 Å². The summed E-state index contributed by atoms with van der Waals surface area (Å²) in [7, 11) is 0. The van der Waals surface area contributed by atoms with Gasteiger partial charge in [-0.3, -0.25) is 0 Å². The normalized spacial score (nSPS) is 29.5. The maximum atomic E-state index is 3.55. The maximum absolute atomic E-state index is 3.55. The Bertz CT molecular complexity index is 267. The molecule has 0 aromatic carbocycles. The average Bonchev–Trinajstić information content (AvgIpc) is 2.58. The zero-order chi connectivity index (χ0) is 8.55. The number of aryl methyl sites for hydroxylation is 1. The second kappa shape index (κ2) is 3.19. The van der Waals surface area contributed by atoms with Gasteiger partial charge < -0.3 is 5.32 Å². The van der Waals surface area contributed by atoms with Crippen molar-refractivity contribution in [3.05, 3.63) is 21.9 Å². The fraction of sp³-hybridized carbons (Fsp3) is 0.600. The largest absolute Gasteiger partial charge is 0.309 e. The number of thiophene rings is 1. The number of hydrogen-bond acceptors (Lipinski definition) is 2. The van der Waals surface area contributed by atoms with Gasteiger partial charge in [-0.05, 0) is 37.9 Å². The Hall–Kier alpha value is -0.340. The smallest absolute Gasteiger partial charge is 0.0418 e. The van der Waals surface area contributed by atoms with Gasteiger partial charge in [0.1, 0.15) is 0 Å². The Morgan fingerprint density at radius 2 is 2.33 bits per heavy atom. The molecule has 1 fully saturated rings. The Kier molecular flexibility index (Phi) is 2.20. The van der Waals surface area contributed by atoms with Crippen molar-refractivity contribution in [1.82, 2.24) is 5.32 Å². The standard InChI is InChI=1S/C10H15NS/c1-7-5-9(11-6-7)10-4-3-8(2)12-10/h3-4,7,9,11H,5-6H2,1-2H3/t7-,9-/m0/s1. The molecule has 1 aromatic heterocycles. The van der Waals surface area contributed by atoms with E-state index in [1.165, 1.54) is 22.7 Å². The highest BCUT2D eigenvalue weighted by molar-refractivity contribution is 7.12. The molecule has 0 unspecified atom stereocenters. The van der Waals surface area contributed by atoms with Crippen LogP contribution in [0.4, 0.5) is 0 Å². The third kappa shape index (κ3) is 1.54. The summed E-state index contributed by atoms with van der Waals surface area (Å²) in [5.41, 5.74) is 0. The Balaban J connectivity index is 2.11.